The van der Waals surface area contributed by atoms with Crippen molar-refractivity contribution < 1.29 is 9.84 Å². The van der Waals surface area contributed by atoms with Crippen molar-refractivity contribution in [1.82, 2.24) is 5.32 Å². The first kappa shape index (κ1) is 14.9. The fourth-order valence-corrected chi connectivity index (χ4v) is 1.79. The minimum absolute atomic E-state index is 0.299. The quantitative estimate of drug-likeness (QED) is 0.586. The van der Waals surface area contributed by atoms with E-state index in [0.29, 0.717) is 18.6 Å². The molecule has 0 aliphatic rings. The zero-order valence-electron chi connectivity index (χ0n) is 10.5. The highest BCUT2D eigenvalue weighted by Crippen LogP contribution is 2.10. The Morgan fingerprint density at radius 3 is 2.47 bits per heavy atom. The van der Waals surface area contributed by atoms with Crippen LogP contribution in [0.3, 0.4) is 0 Å². The second-order valence-corrected chi connectivity index (χ2v) is 4.14. The molecule has 2 unspecified atom stereocenters. The number of methoxy groups -OCH3 is 1. The van der Waals surface area contributed by atoms with Crippen molar-refractivity contribution in [1.29, 1.82) is 0 Å². The number of aliphatic hydroxyl groups is 1. The summed E-state index contributed by atoms with van der Waals surface area (Å²) in [6, 6.07) is 0.452. The summed E-state index contributed by atoms with van der Waals surface area (Å²) in [5, 5.41) is 12.4. The Kier molecular flexibility index (Phi) is 10.3. The lowest BCUT2D eigenvalue weighted by molar-refractivity contribution is 0.159. The molecule has 2 N–H and O–H groups in total. The molecule has 0 aromatic heterocycles. The predicted octanol–water partition coefficient (Wildman–Crippen LogP) is 1.80. The van der Waals surface area contributed by atoms with Gasteiger partial charge in [-0.2, -0.15) is 0 Å². The van der Waals surface area contributed by atoms with Crippen LogP contribution in [0.15, 0.2) is 0 Å². The van der Waals surface area contributed by atoms with Gasteiger partial charge < -0.3 is 15.2 Å². The van der Waals surface area contributed by atoms with Crippen molar-refractivity contribution in [3.63, 3.8) is 0 Å². The van der Waals surface area contributed by atoms with E-state index in [1.165, 1.54) is 12.8 Å². The van der Waals surface area contributed by atoms with Crippen LogP contribution in [0.2, 0.25) is 0 Å². The molecule has 0 spiro atoms. The van der Waals surface area contributed by atoms with Crippen molar-refractivity contribution in [2.24, 2.45) is 5.92 Å². The van der Waals surface area contributed by atoms with Gasteiger partial charge in [-0.05, 0) is 31.7 Å². The lowest BCUT2D eigenvalue weighted by atomic mass is 10.00. The Morgan fingerprint density at radius 1 is 1.27 bits per heavy atom. The monoisotopic (exact) mass is 217 g/mol. The average Bonchev–Trinajstić information content (AvgIpc) is 2.24. The maximum absolute atomic E-state index is 8.94. The molecule has 0 aromatic carbocycles. The number of hydrogen-bond acceptors (Lipinski definition) is 3. The van der Waals surface area contributed by atoms with Gasteiger partial charge in [-0.25, -0.2) is 0 Å². The van der Waals surface area contributed by atoms with Gasteiger partial charge in [0.25, 0.3) is 0 Å². The Hall–Kier alpha value is -0.120. The van der Waals surface area contributed by atoms with E-state index < -0.39 is 0 Å². The second kappa shape index (κ2) is 10.4. The molecule has 0 fully saturated rings. The van der Waals surface area contributed by atoms with Gasteiger partial charge in [0.15, 0.2) is 0 Å². The molecule has 0 radical (unpaired) electrons. The fraction of sp³-hybridized carbons (Fsp3) is 1.00. The molecule has 0 rings (SSSR count). The Labute approximate surface area is 94.2 Å². The molecule has 2 atom stereocenters. The van der Waals surface area contributed by atoms with Crippen LogP contribution in [0.1, 0.15) is 39.5 Å². The average molecular weight is 217 g/mol. The molecule has 3 nitrogen and oxygen atoms in total. The van der Waals surface area contributed by atoms with Gasteiger partial charge in [-0.1, -0.05) is 20.3 Å². The van der Waals surface area contributed by atoms with E-state index in [-0.39, 0.29) is 0 Å². The predicted molar refractivity (Wildman–Crippen MR) is 64.1 cm³/mol. The molecular formula is C12H27NO2. The zero-order valence-corrected chi connectivity index (χ0v) is 10.5. The normalized spacial score (nSPS) is 15.2. The summed E-state index contributed by atoms with van der Waals surface area (Å²) in [7, 11) is 1.74. The van der Waals surface area contributed by atoms with Gasteiger partial charge in [0, 0.05) is 19.8 Å². The number of nitrogens with one attached hydrogen (secondary N) is 1. The molecule has 15 heavy (non-hydrogen) atoms. The van der Waals surface area contributed by atoms with Crippen LogP contribution in [0.5, 0.6) is 0 Å². The zero-order chi connectivity index (χ0) is 11.5. The van der Waals surface area contributed by atoms with Gasteiger partial charge >= 0.3 is 0 Å². The largest absolute Gasteiger partial charge is 0.396 e. The minimum Gasteiger partial charge on any atom is -0.396 e. The third-order valence-corrected chi connectivity index (χ3v) is 2.79. The second-order valence-electron chi connectivity index (χ2n) is 4.14. The molecule has 3 heteroatoms. The number of aliphatic hydroxyl groups excluding tert-OH is 1. The number of ether oxygens (including phenoxy) is 1. The summed E-state index contributed by atoms with van der Waals surface area (Å²) < 4.78 is 5.14. The molecule has 0 saturated heterocycles. The first-order valence-electron chi connectivity index (χ1n) is 6.11. The highest BCUT2D eigenvalue weighted by molar-refractivity contribution is 4.68. The van der Waals surface area contributed by atoms with E-state index in [1.54, 1.807) is 7.11 Å². The van der Waals surface area contributed by atoms with Gasteiger partial charge in [-0.15, -0.1) is 0 Å². The lowest BCUT2D eigenvalue weighted by Gasteiger charge is -2.21. The molecule has 0 aliphatic carbocycles. The summed E-state index contributed by atoms with van der Waals surface area (Å²) in [6.45, 7) is 6.42. The van der Waals surface area contributed by atoms with Crippen molar-refractivity contribution in [3.8, 4) is 0 Å². The van der Waals surface area contributed by atoms with E-state index in [9.17, 15) is 0 Å². The van der Waals surface area contributed by atoms with E-state index in [4.69, 9.17) is 9.84 Å². The third kappa shape index (κ3) is 7.77. The van der Waals surface area contributed by atoms with Crippen LogP contribution >= 0.6 is 0 Å². The van der Waals surface area contributed by atoms with Crippen LogP contribution in [0.4, 0.5) is 0 Å². The van der Waals surface area contributed by atoms with Crippen LogP contribution in [-0.2, 0) is 4.74 Å². The van der Waals surface area contributed by atoms with E-state index in [1.807, 2.05) is 0 Å². The van der Waals surface area contributed by atoms with Crippen molar-refractivity contribution in [3.05, 3.63) is 0 Å². The Bertz CT molecular complexity index is 125. The molecule has 0 aromatic rings. The summed E-state index contributed by atoms with van der Waals surface area (Å²) >= 11 is 0. The summed E-state index contributed by atoms with van der Waals surface area (Å²) in [6.07, 6.45) is 4.38. The van der Waals surface area contributed by atoms with Gasteiger partial charge in [0.2, 0.25) is 0 Å². The molecular weight excluding hydrogens is 190 g/mol. The Balaban J connectivity index is 3.73. The topological polar surface area (TPSA) is 41.5 Å². The smallest absolute Gasteiger partial charge is 0.0615 e. The molecule has 0 heterocycles. The number of rotatable bonds is 10. The third-order valence-electron chi connectivity index (χ3n) is 2.79. The number of hydrogen-bond donors (Lipinski definition) is 2. The SMILES string of the molecule is CCCC(CCO)CNC(CC)COC. The first-order valence-corrected chi connectivity index (χ1v) is 6.11. The van der Waals surface area contributed by atoms with E-state index >= 15 is 0 Å². The molecule has 0 bridgehead atoms. The molecule has 0 aliphatic heterocycles. The van der Waals surface area contributed by atoms with Gasteiger partial charge in [0.05, 0.1) is 6.61 Å². The van der Waals surface area contributed by atoms with Crippen molar-refractivity contribution >= 4 is 0 Å². The molecule has 0 saturated carbocycles. The maximum Gasteiger partial charge on any atom is 0.0615 e. The highest BCUT2D eigenvalue weighted by atomic mass is 16.5. The summed E-state index contributed by atoms with van der Waals surface area (Å²) in [5.41, 5.74) is 0. The van der Waals surface area contributed by atoms with Crippen LogP contribution in [-0.4, -0.2) is 38.0 Å². The van der Waals surface area contributed by atoms with Gasteiger partial charge in [-0.3, -0.25) is 0 Å². The van der Waals surface area contributed by atoms with E-state index in [2.05, 4.69) is 19.2 Å². The van der Waals surface area contributed by atoms with Crippen LogP contribution in [0, 0.1) is 5.92 Å². The van der Waals surface area contributed by atoms with Crippen molar-refractivity contribution in [2.75, 3.05) is 26.9 Å². The van der Waals surface area contributed by atoms with Crippen LogP contribution in [0.25, 0.3) is 0 Å². The lowest BCUT2D eigenvalue weighted by Crippen LogP contribution is -2.36. The highest BCUT2D eigenvalue weighted by Gasteiger charge is 2.10. The van der Waals surface area contributed by atoms with Crippen molar-refractivity contribution in [2.45, 2.75) is 45.6 Å². The minimum atomic E-state index is 0.299. The van der Waals surface area contributed by atoms with E-state index in [0.717, 1.165) is 26.0 Å². The fourth-order valence-electron chi connectivity index (χ4n) is 1.79. The first-order chi connectivity index (χ1) is 7.28. The summed E-state index contributed by atoms with van der Waals surface area (Å²) in [4.78, 5) is 0. The maximum atomic E-state index is 8.94. The summed E-state index contributed by atoms with van der Waals surface area (Å²) in [5.74, 6) is 0.603. The Morgan fingerprint density at radius 2 is 2.00 bits per heavy atom. The molecule has 92 valence electrons. The van der Waals surface area contributed by atoms with Crippen LogP contribution < -0.4 is 5.32 Å². The molecule has 0 amide bonds. The van der Waals surface area contributed by atoms with Gasteiger partial charge in [0.1, 0.15) is 0 Å². The standard InChI is InChI=1S/C12H27NO2/c1-4-6-11(7-8-14)9-13-12(5-2)10-15-3/h11-14H,4-10H2,1-3H3.